The molecule has 0 radical (unpaired) electrons. The number of aromatic nitrogens is 1. The van der Waals surface area contributed by atoms with Crippen LogP contribution in [0, 0.1) is 12.8 Å². The second-order valence-corrected chi connectivity index (χ2v) is 8.07. The summed E-state index contributed by atoms with van der Waals surface area (Å²) in [5, 5.41) is 4.57. The molecular weight excluding hydrogens is 284 g/mol. The van der Waals surface area contributed by atoms with Gasteiger partial charge in [0.05, 0.1) is 17.0 Å². The van der Waals surface area contributed by atoms with E-state index in [4.69, 9.17) is 0 Å². The van der Waals surface area contributed by atoms with Crippen molar-refractivity contribution >= 4 is 20.7 Å². The van der Waals surface area contributed by atoms with Gasteiger partial charge in [0.15, 0.2) is 9.84 Å². The zero-order chi connectivity index (χ0) is 14.9. The number of nitrogens with one attached hydrogen (secondary N) is 1. The van der Waals surface area contributed by atoms with Crippen LogP contribution in [0.1, 0.15) is 17.7 Å². The molecule has 1 unspecified atom stereocenters. The van der Waals surface area contributed by atoms with E-state index in [2.05, 4.69) is 22.4 Å². The van der Waals surface area contributed by atoms with Crippen molar-refractivity contribution in [2.24, 2.45) is 5.92 Å². The zero-order valence-electron chi connectivity index (χ0n) is 12.2. The van der Waals surface area contributed by atoms with Crippen LogP contribution in [0.25, 0.3) is 10.9 Å². The summed E-state index contributed by atoms with van der Waals surface area (Å²) in [7, 11) is -2.78. The minimum Gasteiger partial charge on any atom is -0.312 e. The fourth-order valence-electron chi connectivity index (χ4n) is 2.99. The molecule has 1 atom stereocenters. The van der Waals surface area contributed by atoms with Crippen LogP contribution in [-0.4, -0.2) is 31.5 Å². The van der Waals surface area contributed by atoms with Gasteiger partial charge in [0, 0.05) is 17.6 Å². The van der Waals surface area contributed by atoms with Gasteiger partial charge in [-0.3, -0.25) is 4.98 Å². The lowest BCUT2D eigenvalue weighted by molar-refractivity contribution is 0.521. The molecule has 4 nitrogen and oxygen atoms in total. The Hall–Kier alpha value is -1.46. The minimum atomic E-state index is -2.78. The summed E-state index contributed by atoms with van der Waals surface area (Å²) in [5.74, 6) is 0.927. The first kappa shape index (κ1) is 14.5. The topological polar surface area (TPSA) is 59.1 Å². The van der Waals surface area contributed by atoms with E-state index < -0.39 is 9.84 Å². The van der Waals surface area contributed by atoms with Crippen LogP contribution in [0.2, 0.25) is 0 Å². The van der Waals surface area contributed by atoms with Crippen LogP contribution in [0.15, 0.2) is 30.3 Å². The van der Waals surface area contributed by atoms with Gasteiger partial charge in [-0.15, -0.1) is 0 Å². The molecular formula is C16H20N2O2S. The highest BCUT2D eigenvalue weighted by molar-refractivity contribution is 7.91. The molecule has 1 aliphatic rings. The Bertz CT molecular complexity index is 756. The van der Waals surface area contributed by atoms with Crippen LogP contribution in [0.5, 0.6) is 0 Å². The number of benzene rings is 1. The van der Waals surface area contributed by atoms with Crippen molar-refractivity contribution < 1.29 is 8.42 Å². The number of fused-ring (bicyclic) bond motifs is 1. The van der Waals surface area contributed by atoms with E-state index in [0.29, 0.717) is 11.5 Å². The van der Waals surface area contributed by atoms with Gasteiger partial charge in [0.25, 0.3) is 0 Å². The number of aryl methyl sites for hydroxylation is 1. The van der Waals surface area contributed by atoms with Crippen LogP contribution in [-0.2, 0) is 16.4 Å². The molecule has 1 fully saturated rings. The Morgan fingerprint density at radius 1 is 1.33 bits per heavy atom. The van der Waals surface area contributed by atoms with Crippen molar-refractivity contribution in [1.29, 1.82) is 0 Å². The number of pyridine rings is 1. The lowest BCUT2D eigenvalue weighted by atomic mass is 10.1. The summed E-state index contributed by atoms with van der Waals surface area (Å²) in [6, 6.07) is 10.2. The highest BCUT2D eigenvalue weighted by Gasteiger charge is 2.27. The Labute approximate surface area is 125 Å². The van der Waals surface area contributed by atoms with Crippen molar-refractivity contribution in [3.63, 3.8) is 0 Å². The maximum absolute atomic E-state index is 11.5. The van der Waals surface area contributed by atoms with Crippen LogP contribution >= 0.6 is 0 Å². The fourth-order valence-corrected chi connectivity index (χ4v) is 4.85. The maximum Gasteiger partial charge on any atom is 0.150 e. The quantitative estimate of drug-likeness (QED) is 0.939. The first-order valence-corrected chi connectivity index (χ1v) is 9.12. The molecule has 1 aromatic carbocycles. The van der Waals surface area contributed by atoms with Crippen molar-refractivity contribution in [3.8, 4) is 0 Å². The van der Waals surface area contributed by atoms with Crippen molar-refractivity contribution in [2.75, 3.05) is 18.1 Å². The highest BCUT2D eigenvalue weighted by Crippen LogP contribution is 2.20. The summed E-state index contributed by atoms with van der Waals surface area (Å²) >= 11 is 0. The highest BCUT2D eigenvalue weighted by atomic mass is 32.2. The van der Waals surface area contributed by atoms with Gasteiger partial charge < -0.3 is 5.32 Å². The third-order valence-electron chi connectivity index (χ3n) is 4.01. The second-order valence-electron chi connectivity index (χ2n) is 5.84. The van der Waals surface area contributed by atoms with Crippen molar-refractivity contribution in [1.82, 2.24) is 10.3 Å². The molecule has 112 valence electrons. The smallest absolute Gasteiger partial charge is 0.150 e. The molecule has 2 aromatic rings. The molecule has 0 saturated carbocycles. The zero-order valence-corrected chi connectivity index (χ0v) is 13.0. The molecule has 21 heavy (non-hydrogen) atoms. The molecule has 1 N–H and O–H groups in total. The van der Waals surface area contributed by atoms with E-state index in [9.17, 15) is 8.42 Å². The largest absolute Gasteiger partial charge is 0.312 e. The fraction of sp³-hybridized carbons (Fsp3) is 0.438. The average molecular weight is 304 g/mol. The molecule has 2 heterocycles. The van der Waals surface area contributed by atoms with E-state index in [1.165, 1.54) is 5.56 Å². The monoisotopic (exact) mass is 304 g/mol. The number of nitrogens with zero attached hydrogens (tertiary/aromatic N) is 1. The molecule has 1 aromatic heterocycles. The van der Waals surface area contributed by atoms with E-state index >= 15 is 0 Å². The third-order valence-corrected chi connectivity index (χ3v) is 5.84. The standard InChI is InChI=1S/C16H20N2O2S/c1-12-8-14(15-4-2-3-5-16(15)18-12)10-17-9-13-6-7-21(19,20)11-13/h2-5,8,13,17H,6-7,9-11H2,1H3. The normalized spacial score (nSPS) is 20.9. The Morgan fingerprint density at radius 3 is 2.90 bits per heavy atom. The first-order chi connectivity index (χ1) is 10.0. The lowest BCUT2D eigenvalue weighted by Crippen LogP contribution is -2.23. The second kappa shape index (κ2) is 5.73. The SMILES string of the molecule is Cc1cc(CNCC2CCS(=O)(=O)C2)c2ccccc2n1. The summed E-state index contributed by atoms with van der Waals surface area (Å²) in [4.78, 5) is 4.53. The maximum atomic E-state index is 11.5. The Morgan fingerprint density at radius 2 is 2.14 bits per heavy atom. The van der Waals surface area contributed by atoms with Gasteiger partial charge in [-0.05, 0) is 43.5 Å². The summed E-state index contributed by atoms with van der Waals surface area (Å²) in [6.07, 6.45) is 0.783. The number of para-hydroxylation sites is 1. The van der Waals surface area contributed by atoms with Crippen molar-refractivity contribution in [3.05, 3.63) is 41.6 Å². The van der Waals surface area contributed by atoms with Crippen LogP contribution < -0.4 is 5.32 Å². The Balaban J connectivity index is 1.68. The van der Waals surface area contributed by atoms with Crippen molar-refractivity contribution in [2.45, 2.75) is 19.9 Å². The van der Waals surface area contributed by atoms with E-state index in [1.54, 1.807) is 0 Å². The molecule has 0 bridgehead atoms. The average Bonchev–Trinajstić information content (AvgIpc) is 2.78. The van der Waals surface area contributed by atoms with Gasteiger partial charge in [-0.2, -0.15) is 0 Å². The molecule has 0 spiro atoms. The van der Waals surface area contributed by atoms with Crippen LogP contribution in [0.3, 0.4) is 0 Å². The number of sulfone groups is 1. The predicted molar refractivity (Wildman–Crippen MR) is 84.9 cm³/mol. The predicted octanol–water partition coefficient (Wildman–Crippen LogP) is 2.07. The van der Waals surface area contributed by atoms with Crippen LogP contribution in [0.4, 0.5) is 0 Å². The van der Waals surface area contributed by atoms with E-state index in [1.807, 2.05) is 25.1 Å². The number of hydrogen-bond acceptors (Lipinski definition) is 4. The lowest BCUT2D eigenvalue weighted by Gasteiger charge is -2.12. The molecule has 1 aliphatic heterocycles. The van der Waals surface area contributed by atoms with Gasteiger partial charge in [-0.25, -0.2) is 8.42 Å². The van der Waals surface area contributed by atoms with Gasteiger partial charge >= 0.3 is 0 Å². The molecule has 3 rings (SSSR count). The minimum absolute atomic E-state index is 0.254. The summed E-state index contributed by atoms with van der Waals surface area (Å²) in [5.41, 5.74) is 3.24. The summed E-state index contributed by atoms with van der Waals surface area (Å²) in [6.45, 7) is 3.51. The number of rotatable bonds is 4. The molecule has 0 aliphatic carbocycles. The van der Waals surface area contributed by atoms with Gasteiger partial charge in [0.2, 0.25) is 0 Å². The van der Waals surface area contributed by atoms with Gasteiger partial charge in [0.1, 0.15) is 0 Å². The molecule has 0 amide bonds. The molecule has 5 heteroatoms. The Kier molecular flexibility index (Phi) is 3.95. The third kappa shape index (κ3) is 3.41. The summed E-state index contributed by atoms with van der Waals surface area (Å²) < 4.78 is 22.9. The van der Waals surface area contributed by atoms with E-state index in [0.717, 1.165) is 36.1 Å². The molecule has 1 saturated heterocycles. The van der Waals surface area contributed by atoms with E-state index in [-0.39, 0.29) is 5.92 Å². The number of hydrogen-bond donors (Lipinski definition) is 1. The first-order valence-electron chi connectivity index (χ1n) is 7.30. The van der Waals surface area contributed by atoms with Gasteiger partial charge in [-0.1, -0.05) is 18.2 Å².